The molecule has 1 saturated carbocycles. The van der Waals surface area contributed by atoms with Gasteiger partial charge in [-0.1, -0.05) is 13.3 Å². The number of nitrogens with zero attached hydrogens (tertiary/aromatic N) is 2. The maximum absolute atomic E-state index is 11.0. The molecule has 0 saturated heterocycles. The summed E-state index contributed by atoms with van der Waals surface area (Å²) in [6.07, 6.45) is 5.18. The van der Waals surface area contributed by atoms with Crippen LogP contribution in [0.15, 0.2) is 6.20 Å². The molecule has 2 rings (SSSR count). The van der Waals surface area contributed by atoms with Crippen LogP contribution in [-0.2, 0) is 0 Å². The lowest BCUT2D eigenvalue weighted by atomic mass is 10.1. The fourth-order valence-electron chi connectivity index (χ4n) is 2.28. The third-order valence-corrected chi connectivity index (χ3v) is 3.18. The van der Waals surface area contributed by atoms with Crippen LogP contribution in [0.2, 0.25) is 0 Å². The molecular formula is C10H16N4O. The predicted molar refractivity (Wildman–Crippen MR) is 57.2 cm³/mol. The molecule has 5 nitrogen and oxygen atoms in total. The van der Waals surface area contributed by atoms with E-state index in [0.717, 1.165) is 6.42 Å². The van der Waals surface area contributed by atoms with Crippen molar-refractivity contribution in [2.75, 3.05) is 5.73 Å². The van der Waals surface area contributed by atoms with Gasteiger partial charge in [0.1, 0.15) is 5.56 Å². The molecule has 1 aromatic heterocycles. The molecule has 0 radical (unpaired) electrons. The second-order valence-corrected chi connectivity index (χ2v) is 4.25. The van der Waals surface area contributed by atoms with E-state index in [1.54, 1.807) is 10.9 Å². The Morgan fingerprint density at radius 2 is 2.33 bits per heavy atom. The van der Waals surface area contributed by atoms with E-state index in [1.807, 2.05) is 0 Å². The van der Waals surface area contributed by atoms with Gasteiger partial charge in [0.15, 0.2) is 5.82 Å². The maximum atomic E-state index is 11.0. The fraction of sp³-hybridized carbons (Fsp3) is 0.600. The van der Waals surface area contributed by atoms with Crippen molar-refractivity contribution < 1.29 is 4.79 Å². The molecule has 1 aromatic rings. The number of hydrogen-bond acceptors (Lipinski definition) is 3. The number of anilines is 1. The van der Waals surface area contributed by atoms with E-state index < -0.39 is 5.91 Å². The summed E-state index contributed by atoms with van der Waals surface area (Å²) in [6.45, 7) is 2.19. The van der Waals surface area contributed by atoms with Gasteiger partial charge >= 0.3 is 0 Å². The van der Waals surface area contributed by atoms with Crippen LogP contribution in [0.3, 0.4) is 0 Å². The zero-order chi connectivity index (χ0) is 11.0. The molecule has 2 atom stereocenters. The van der Waals surface area contributed by atoms with Crippen LogP contribution in [0, 0.1) is 5.92 Å². The molecule has 1 amide bonds. The number of carbonyl (C=O) groups excluding carboxylic acids is 1. The number of hydrogen-bond donors (Lipinski definition) is 2. The van der Waals surface area contributed by atoms with Gasteiger partial charge in [0.05, 0.1) is 6.04 Å². The maximum Gasteiger partial charge on any atom is 0.254 e. The highest BCUT2D eigenvalue weighted by atomic mass is 16.1. The van der Waals surface area contributed by atoms with Crippen LogP contribution in [0.4, 0.5) is 5.82 Å². The van der Waals surface area contributed by atoms with Crippen LogP contribution >= 0.6 is 0 Å². The smallest absolute Gasteiger partial charge is 0.254 e. The van der Waals surface area contributed by atoms with Crippen molar-refractivity contribution >= 4 is 11.7 Å². The lowest BCUT2D eigenvalue weighted by Gasteiger charge is -2.15. The van der Waals surface area contributed by atoms with Gasteiger partial charge in [-0.05, 0) is 18.8 Å². The minimum atomic E-state index is -0.510. The lowest BCUT2D eigenvalue weighted by Crippen LogP contribution is -2.13. The van der Waals surface area contributed by atoms with Gasteiger partial charge in [0.2, 0.25) is 0 Å². The molecule has 4 N–H and O–H groups in total. The molecule has 1 aliphatic rings. The Hall–Kier alpha value is -1.52. The third kappa shape index (κ3) is 1.69. The number of amides is 1. The van der Waals surface area contributed by atoms with Gasteiger partial charge in [-0.25, -0.2) is 0 Å². The van der Waals surface area contributed by atoms with Gasteiger partial charge in [0, 0.05) is 6.20 Å². The highest BCUT2D eigenvalue weighted by Gasteiger charge is 2.26. The first-order valence-electron chi connectivity index (χ1n) is 5.24. The highest BCUT2D eigenvalue weighted by molar-refractivity contribution is 5.96. The van der Waals surface area contributed by atoms with Crippen molar-refractivity contribution in [1.82, 2.24) is 9.78 Å². The molecule has 0 aliphatic heterocycles. The summed E-state index contributed by atoms with van der Waals surface area (Å²) in [5.74, 6) is 0.316. The largest absolute Gasteiger partial charge is 0.382 e. The third-order valence-electron chi connectivity index (χ3n) is 3.18. The van der Waals surface area contributed by atoms with Crippen LogP contribution in [0.1, 0.15) is 42.6 Å². The average Bonchev–Trinajstić information content (AvgIpc) is 2.71. The summed E-state index contributed by atoms with van der Waals surface area (Å²) in [5.41, 5.74) is 11.1. The zero-order valence-corrected chi connectivity index (χ0v) is 8.81. The van der Waals surface area contributed by atoms with E-state index in [2.05, 4.69) is 12.0 Å². The molecule has 15 heavy (non-hydrogen) atoms. The summed E-state index contributed by atoms with van der Waals surface area (Å²) in [4.78, 5) is 11.0. The van der Waals surface area contributed by atoms with Gasteiger partial charge in [-0.2, -0.15) is 5.10 Å². The summed E-state index contributed by atoms with van der Waals surface area (Å²) in [6, 6.07) is 0.361. The number of carbonyl (C=O) groups is 1. The Kier molecular flexibility index (Phi) is 2.38. The van der Waals surface area contributed by atoms with Gasteiger partial charge in [0.25, 0.3) is 5.91 Å². The topological polar surface area (TPSA) is 86.9 Å². The van der Waals surface area contributed by atoms with Gasteiger partial charge < -0.3 is 11.5 Å². The molecule has 0 spiro atoms. The van der Waals surface area contributed by atoms with Crippen LogP contribution in [0.5, 0.6) is 0 Å². The average molecular weight is 208 g/mol. The second-order valence-electron chi connectivity index (χ2n) is 4.25. The van der Waals surface area contributed by atoms with E-state index >= 15 is 0 Å². The van der Waals surface area contributed by atoms with Gasteiger partial charge in [-0.15, -0.1) is 0 Å². The Labute approximate surface area is 88.4 Å². The Bertz CT molecular complexity index is 385. The summed E-state index contributed by atoms with van der Waals surface area (Å²) in [5, 5.41) is 4.16. The zero-order valence-electron chi connectivity index (χ0n) is 8.81. The first kappa shape index (κ1) is 10.0. The SMILES string of the molecule is C[C@H]1CCCC1n1cc(C(N)=O)c(N)n1. The Morgan fingerprint density at radius 3 is 2.80 bits per heavy atom. The summed E-state index contributed by atoms with van der Waals surface area (Å²) < 4.78 is 1.80. The minimum absolute atomic E-state index is 0.238. The van der Waals surface area contributed by atoms with E-state index in [-0.39, 0.29) is 5.82 Å². The number of nitrogen functional groups attached to an aromatic ring is 1. The first-order chi connectivity index (χ1) is 7.09. The predicted octanol–water partition coefficient (Wildman–Crippen LogP) is 0.925. The molecule has 5 heteroatoms. The Morgan fingerprint density at radius 1 is 1.60 bits per heavy atom. The van der Waals surface area contributed by atoms with Crippen LogP contribution in [0.25, 0.3) is 0 Å². The molecule has 0 bridgehead atoms. The van der Waals surface area contributed by atoms with Crippen molar-refractivity contribution in [2.45, 2.75) is 32.2 Å². The first-order valence-corrected chi connectivity index (χ1v) is 5.24. The summed E-state index contributed by atoms with van der Waals surface area (Å²) >= 11 is 0. The molecule has 0 aromatic carbocycles. The monoisotopic (exact) mass is 208 g/mol. The van der Waals surface area contributed by atoms with Crippen molar-refractivity contribution in [1.29, 1.82) is 0 Å². The van der Waals surface area contributed by atoms with Crippen molar-refractivity contribution in [2.24, 2.45) is 11.7 Å². The standard InChI is InChI=1S/C10H16N4O/c1-6-3-2-4-8(6)14-5-7(10(12)15)9(11)13-14/h5-6,8H,2-4H2,1H3,(H2,11,13)(H2,12,15)/t6-,8?/m0/s1. The van der Waals surface area contributed by atoms with E-state index in [9.17, 15) is 4.79 Å². The van der Waals surface area contributed by atoms with Gasteiger partial charge in [-0.3, -0.25) is 9.48 Å². The van der Waals surface area contributed by atoms with E-state index in [1.165, 1.54) is 12.8 Å². The van der Waals surface area contributed by atoms with E-state index in [0.29, 0.717) is 17.5 Å². The molecule has 82 valence electrons. The fourth-order valence-corrected chi connectivity index (χ4v) is 2.28. The van der Waals surface area contributed by atoms with Crippen molar-refractivity contribution in [3.8, 4) is 0 Å². The van der Waals surface area contributed by atoms with Crippen molar-refractivity contribution in [3.63, 3.8) is 0 Å². The normalized spacial score (nSPS) is 25.7. The molecular weight excluding hydrogens is 192 g/mol. The lowest BCUT2D eigenvalue weighted by molar-refractivity contribution is 0.100. The number of primary amides is 1. The van der Waals surface area contributed by atoms with Crippen LogP contribution in [-0.4, -0.2) is 15.7 Å². The minimum Gasteiger partial charge on any atom is -0.382 e. The molecule has 1 heterocycles. The molecule has 1 fully saturated rings. The number of nitrogens with two attached hydrogens (primary N) is 2. The number of aromatic nitrogens is 2. The second kappa shape index (κ2) is 3.56. The summed E-state index contributed by atoms with van der Waals surface area (Å²) in [7, 11) is 0. The van der Waals surface area contributed by atoms with E-state index in [4.69, 9.17) is 11.5 Å². The highest BCUT2D eigenvalue weighted by Crippen LogP contribution is 2.35. The molecule has 1 unspecified atom stereocenters. The quantitative estimate of drug-likeness (QED) is 0.757. The van der Waals surface area contributed by atoms with Crippen molar-refractivity contribution in [3.05, 3.63) is 11.8 Å². The Balaban J connectivity index is 2.29. The number of rotatable bonds is 2. The molecule has 1 aliphatic carbocycles. The van der Waals surface area contributed by atoms with Crippen LogP contribution < -0.4 is 11.5 Å².